The molecule has 18 heteroatoms. The minimum atomic E-state index is -0.459. The molecular weight excluding hydrogens is 1860 g/mol. The van der Waals surface area contributed by atoms with Crippen LogP contribution in [-0.4, -0.2) is 16.3 Å². The Labute approximate surface area is 744 Å². The third-order valence-electron chi connectivity index (χ3n) is 16.9. The van der Waals surface area contributed by atoms with Crippen molar-refractivity contribution in [2.75, 3.05) is 5.73 Å². The summed E-state index contributed by atoms with van der Waals surface area (Å²) in [4.78, 5) is 31.4. The van der Waals surface area contributed by atoms with E-state index in [0.29, 0.717) is 5.69 Å². The van der Waals surface area contributed by atoms with Gasteiger partial charge in [0, 0.05) is 84.2 Å². The van der Waals surface area contributed by atoms with E-state index in [1.807, 2.05) is 12.1 Å². The predicted molar refractivity (Wildman–Crippen MR) is 386 cm³/mol. The van der Waals surface area contributed by atoms with E-state index in [9.17, 15) is 20.2 Å². The first kappa shape index (κ1) is 85.9. The molecule has 0 radical (unpaired) electrons. The van der Waals surface area contributed by atoms with Crippen LogP contribution in [0.15, 0.2) is 233 Å². The maximum atomic E-state index is 10.8. The van der Waals surface area contributed by atoms with Crippen molar-refractivity contribution in [1.29, 1.82) is 0 Å². The molecule has 26 rings (SSSR count). The second-order valence-corrected chi connectivity index (χ2v) is 24.9. The fourth-order valence-electron chi connectivity index (χ4n) is 11.3. The van der Waals surface area contributed by atoms with Gasteiger partial charge in [0.15, 0.2) is 0 Å². The van der Waals surface area contributed by atoms with Crippen molar-refractivity contribution >= 4 is 83.6 Å². The largest absolute Gasteiger partial charge is 1.00 e. The minimum absolute atomic E-state index is 0. The van der Waals surface area contributed by atoms with Crippen LogP contribution in [0.5, 0.6) is 0 Å². The number of halogens is 5. The van der Waals surface area contributed by atoms with Crippen LogP contribution in [0.25, 0.3) is 0 Å². The van der Waals surface area contributed by atoms with Gasteiger partial charge in [-0.3, -0.25) is 25.0 Å². The maximum absolute atomic E-state index is 10.8. The average Bonchev–Trinajstić information content (AvgIpc) is 0.884. The van der Waals surface area contributed by atoms with Crippen LogP contribution in [-0.2, 0) is 136 Å². The maximum Gasteiger partial charge on any atom is 1.00 e. The summed E-state index contributed by atoms with van der Waals surface area (Å²) in [5, 5.41) is 29.4. The number of nitrogen functional groups attached to an aromatic ring is 1. The van der Waals surface area contributed by atoms with Crippen LogP contribution < -0.4 is 173 Å². The first-order chi connectivity index (χ1) is 44.8. The molecule has 0 atom stereocenters. The first-order valence-electron chi connectivity index (χ1n) is 31.0. The van der Waals surface area contributed by atoms with E-state index in [0.717, 1.165) is 115 Å². The fraction of sp³-hybridized carbons (Fsp3) is 0.218. The number of non-ortho nitro benzene ring substituents is 2. The molecule has 10 nitrogen and oxygen atoms in total. The fourth-order valence-corrected chi connectivity index (χ4v) is 12.6. The topological polar surface area (TPSA) is 162 Å². The molecule has 16 aliphatic rings. The Morgan fingerprint density at radius 3 is 0.854 bits per heavy atom. The molecule has 0 heterocycles. The summed E-state index contributed by atoms with van der Waals surface area (Å²) in [6, 6.07) is 78.6. The molecule has 0 saturated heterocycles. The molecule has 10 aromatic carbocycles. The molecule has 0 aromatic heterocycles. The quantitative estimate of drug-likeness (QED) is 0.0339. The van der Waals surface area contributed by atoms with Gasteiger partial charge in [-0.2, -0.15) is 0 Å². The second kappa shape index (κ2) is 46.9. The summed E-state index contributed by atoms with van der Waals surface area (Å²) in [6.07, 6.45) is 18.5. The number of nitrogens with zero attached hydrogens (tertiary/aromatic N) is 2. The standard InChI is InChI=1S/C23H21NO2.2C16H15Br.C16H16.C6H6N2O2.CH2O3.Br2.2Cs.Fe.HI.H/c25-24(26)23-13-9-20(10-14-23)16-22-15-19-6-5-17-1-3-18(4-2-17)7-11-21(22)12-8-19;2*17-16-11-14-6-5-12-1-3-13(4-2-12)7-9-15(16)10-8-14;1-2-14-4-3-13(1)9-10-15-5-7-16(8-6-15)12-11-14;7-5-1-3-6(4-2-5)8(9)10;2-1-4-3;1-2;;;;;/h1-4,8-10,12-15H,5-7,11,16H2;2*1-4,8,10-11H,5-7,9H2;1-8H,9-12H2;1-4H,7H2;1,3H;;;;;1H;/q;;;;;;;2*+1;;;-1/p-2. The summed E-state index contributed by atoms with van der Waals surface area (Å²) in [5.41, 5.74) is 31.2. The van der Waals surface area contributed by atoms with Gasteiger partial charge in [-0.05, 0) is 234 Å². The Hall–Kier alpha value is -2.50. The molecule has 0 saturated carbocycles. The number of hydrogen-bond donors (Lipinski definition) is 1. The van der Waals surface area contributed by atoms with Crippen LogP contribution in [0, 0.1) is 20.2 Å². The van der Waals surface area contributed by atoms with Gasteiger partial charge in [-0.25, -0.2) is 0 Å². The Kier molecular flexibility index (Phi) is 42.0. The molecule has 490 valence electrons. The van der Waals surface area contributed by atoms with Gasteiger partial charge in [0.05, 0.1) is 9.85 Å². The summed E-state index contributed by atoms with van der Waals surface area (Å²) >= 11 is 12.9. The third-order valence-corrected chi connectivity index (χ3v) is 18.3. The SMILES string of the molecule is BrBr.Brc1cc2ccc1CCc1ccc(cc1)CC2.Brc1cc2ccc1CCc1ccc(cc1)CC2.Nc1ccc([N+](=O)[O-])cc1.O=CO[O-].O=[N+]([O-])c1ccc(Cc2cc3ccc2CCc2ccc(cc2)CC3)cc1.[Cs+].[Cs+].[Fe].[H-].[I-].c1cc2ccc1CCc1ccc(cc1)CC2. The van der Waals surface area contributed by atoms with Crippen molar-refractivity contribution < 1.29 is 205 Å². The number of nitrogens with two attached hydrogens (primary N) is 1. The Morgan fingerprint density at radius 2 is 0.594 bits per heavy atom. The van der Waals surface area contributed by atoms with E-state index in [-0.39, 0.29) is 203 Å². The number of anilines is 1. The molecule has 0 fully saturated rings. The van der Waals surface area contributed by atoms with Crippen LogP contribution >= 0.6 is 60.1 Å². The van der Waals surface area contributed by atoms with Gasteiger partial charge in [-0.1, -0.05) is 208 Å². The predicted octanol–water partition coefficient (Wildman–Crippen LogP) is 9.73. The van der Waals surface area contributed by atoms with E-state index in [4.69, 9.17) is 15.8 Å². The van der Waals surface area contributed by atoms with E-state index in [1.54, 1.807) is 12.1 Å². The molecule has 0 amide bonds. The minimum Gasteiger partial charge on any atom is -1.00 e. The van der Waals surface area contributed by atoms with Crippen molar-refractivity contribution in [1.82, 2.24) is 0 Å². The zero-order valence-corrected chi connectivity index (χ0v) is 76.2. The van der Waals surface area contributed by atoms with Crippen molar-refractivity contribution in [3.05, 3.63) is 354 Å². The molecule has 16 bridgehead atoms. The number of nitro benzene ring substituents is 2. The summed E-state index contributed by atoms with van der Waals surface area (Å²) < 4.78 is 2.54. The molecular formula is C78H75Br4Cs2FeIN3O7-. The number of carbonyl (C=O) groups excluding carboxylic acids is 1. The van der Waals surface area contributed by atoms with E-state index < -0.39 is 4.92 Å². The van der Waals surface area contributed by atoms with E-state index >= 15 is 0 Å². The zero-order chi connectivity index (χ0) is 65.0. The zero-order valence-electron chi connectivity index (χ0n) is 55.0. The molecule has 10 aromatic rings. The summed E-state index contributed by atoms with van der Waals surface area (Å²) in [5.74, 6) is 0. The second-order valence-electron chi connectivity index (χ2n) is 23.2. The van der Waals surface area contributed by atoms with Gasteiger partial charge in [-0.15, -0.1) is 0 Å². The molecule has 0 aliphatic heterocycles. The van der Waals surface area contributed by atoms with Crippen molar-refractivity contribution in [2.45, 2.75) is 109 Å². The van der Waals surface area contributed by atoms with Crippen molar-refractivity contribution in [3.8, 4) is 0 Å². The van der Waals surface area contributed by atoms with Crippen LogP contribution in [0.1, 0.15) is 102 Å². The van der Waals surface area contributed by atoms with Gasteiger partial charge in [0.2, 0.25) is 0 Å². The number of rotatable bonds is 5. The Bertz CT molecular complexity index is 3790. The third kappa shape index (κ3) is 29.5. The van der Waals surface area contributed by atoms with Gasteiger partial charge < -0.3 is 41.3 Å². The van der Waals surface area contributed by atoms with E-state index in [2.05, 4.69) is 241 Å². The number of hydrogen-bond acceptors (Lipinski definition) is 8. The van der Waals surface area contributed by atoms with Crippen molar-refractivity contribution in [3.63, 3.8) is 0 Å². The van der Waals surface area contributed by atoms with Crippen LogP contribution in [0.4, 0.5) is 17.1 Å². The van der Waals surface area contributed by atoms with Crippen LogP contribution in [0.2, 0.25) is 0 Å². The number of carbonyl (C=O) groups is 1. The van der Waals surface area contributed by atoms with Crippen molar-refractivity contribution in [2.24, 2.45) is 0 Å². The Morgan fingerprint density at radius 1 is 0.375 bits per heavy atom. The molecule has 0 spiro atoms. The molecule has 2 N–H and O–H groups in total. The smallest absolute Gasteiger partial charge is 1.00 e. The van der Waals surface area contributed by atoms with Crippen LogP contribution in [0.3, 0.4) is 0 Å². The first-order valence-corrected chi connectivity index (χ1v) is 36.3. The number of nitro groups is 2. The van der Waals surface area contributed by atoms with E-state index in [1.165, 1.54) is 128 Å². The molecule has 16 aliphatic carbocycles. The number of aryl methyl sites for hydroxylation is 16. The summed E-state index contributed by atoms with van der Waals surface area (Å²) in [6.45, 7) is -0.181. The monoisotopic (exact) mass is 1930 g/mol. The normalized spacial score (nSPS) is 12.3. The summed E-state index contributed by atoms with van der Waals surface area (Å²) in [7, 11) is 0. The number of benzene rings is 10. The molecule has 96 heavy (non-hydrogen) atoms. The molecule has 0 unspecified atom stereocenters. The van der Waals surface area contributed by atoms with Gasteiger partial charge in [0.25, 0.3) is 17.8 Å². The van der Waals surface area contributed by atoms with Gasteiger partial charge >= 0.3 is 138 Å². The Balaban J connectivity index is 0.000000313. The average molecular weight is 1930 g/mol. The van der Waals surface area contributed by atoms with Gasteiger partial charge in [0.1, 0.15) is 0 Å².